The maximum absolute atomic E-state index is 11.1. The summed E-state index contributed by atoms with van der Waals surface area (Å²) in [5, 5.41) is 13.5. The van der Waals surface area contributed by atoms with E-state index in [2.05, 4.69) is 123 Å². The van der Waals surface area contributed by atoms with Gasteiger partial charge in [-0.05, 0) is 75.7 Å². The maximum Gasteiger partial charge on any atom is 0.127 e. The number of nitrogens with zero attached hydrogens (tertiary/aromatic N) is 2. The Morgan fingerprint density at radius 2 is 1.39 bits per heavy atom. The Balaban J connectivity index is 0.000000238. The van der Waals surface area contributed by atoms with Crippen molar-refractivity contribution in [3.8, 4) is 11.5 Å². The highest BCUT2D eigenvalue weighted by atomic mass is 35.5. The first-order chi connectivity index (χ1) is 20.8. The van der Waals surface area contributed by atoms with E-state index in [1.807, 2.05) is 12.1 Å². The summed E-state index contributed by atoms with van der Waals surface area (Å²) in [4.78, 5) is 4.42. The zero-order valence-electron chi connectivity index (χ0n) is 27.1. The minimum absolute atomic E-state index is 0. The summed E-state index contributed by atoms with van der Waals surface area (Å²) in [6, 6.07) is 33.7. The molecule has 0 heterocycles. The molecule has 0 spiro atoms. The average molecular weight is 619 g/mol. The van der Waals surface area contributed by atoms with E-state index in [9.17, 15) is 5.11 Å². The van der Waals surface area contributed by atoms with Crippen LogP contribution in [0.15, 0.2) is 97.1 Å². The molecule has 238 valence electrons. The van der Waals surface area contributed by atoms with Crippen molar-refractivity contribution in [2.75, 3.05) is 48.5 Å². The van der Waals surface area contributed by atoms with Crippen LogP contribution in [0.3, 0.4) is 0 Å². The molecule has 44 heavy (non-hydrogen) atoms. The largest absolute Gasteiger partial charge is 0.497 e. The molecule has 5 nitrogen and oxygen atoms in total. The fourth-order valence-electron chi connectivity index (χ4n) is 6.30. The summed E-state index contributed by atoms with van der Waals surface area (Å²) in [5.74, 6) is 2.00. The molecule has 1 aliphatic rings. The molecule has 1 N–H and O–H groups in total. The molecular formula is C38H51ClN2O3. The zero-order chi connectivity index (χ0) is 30.7. The second-order valence-corrected chi connectivity index (χ2v) is 12.3. The number of ether oxygens (including phenoxy) is 2. The first-order valence-corrected chi connectivity index (χ1v) is 15.6. The van der Waals surface area contributed by atoms with Crippen LogP contribution in [0.1, 0.15) is 61.6 Å². The molecule has 1 aliphatic carbocycles. The first-order valence-electron chi connectivity index (χ1n) is 15.6. The Labute approximate surface area is 271 Å². The molecule has 1 fully saturated rings. The van der Waals surface area contributed by atoms with Crippen LogP contribution in [0.5, 0.6) is 11.5 Å². The summed E-state index contributed by atoms with van der Waals surface area (Å²) >= 11 is 0. The van der Waals surface area contributed by atoms with Crippen LogP contribution >= 0.6 is 12.4 Å². The van der Waals surface area contributed by atoms with Gasteiger partial charge in [0.2, 0.25) is 0 Å². The third kappa shape index (κ3) is 9.70. The van der Waals surface area contributed by atoms with Crippen LogP contribution in [0.4, 0.5) is 0 Å². The molecule has 2 atom stereocenters. The van der Waals surface area contributed by atoms with Gasteiger partial charge in [0.05, 0.1) is 19.3 Å². The number of halogens is 1. The van der Waals surface area contributed by atoms with Gasteiger partial charge in [-0.25, -0.2) is 0 Å². The third-order valence-corrected chi connectivity index (χ3v) is 8.64. The van der Waals surface area contributed by atoms with Crippen LogP contribution in [0.25, 0.3) is 10.8 Å². The SMILES string of the molecule is CN(C)C(CCOc1cccc2ccccc12)c1ccccc1.COc1ccc(C(CN(C)C)C2(O)CCCCC2)cc1.Cl. The highest BCUT2D eigenvalue weighted by Gasteiger charge is 2.38. The molecule has 0 bridgehead atoms. The second kappa shape index (κ2) is 17.4. The van der Waals surface area contributed by atoms with E-state index in [-0.39, 0.29) is 18.3 Å². The molecule has 0 radical (unpaired) electrons. The standard InChI is InChI=1S/C21H23NO.C17H27NO2.ClH/c1-22(2)20(18-10-4-3-5-11-18)15-16-23-21-14-8-12-17-9-6-7-13-19(17)21;1-18(2)13-16(17(19)11-5-4-6-12-17)14-7-9-15(20-3)10-8-14;/h3-14,20H,15-16H2,1-2H3;7-10,16,19H,4-6,11-13H2,1-3H3;1H. The van der Waals surface area contributed by atoms with Crippen molar-refractivity contribution >= 4 is 23.2 Å². The van der Waals surface area contributed by atoms with Crippen molar-refractivity contribution in [1.82, 2.24) is 9.80 Å². The lowest BCUT2D eigenvalue weighted by Crippen LogP contribution is -2.42. The van der Waals surface area contributed by atoms with Crippen molar-refractivity contribution in [2.24, 2.45) is 0 Å². The fraction of sp³-hybridized carbons (Fsp3) is 0.421. The Morgan fingerprint density at radius 1 is 0.750 bits per heavy atom. The molecular weight excluding hydrogens is 568 g/mol. The van der Waals surface area contributed by atoms with Gasteiger partial charge in [-0.15, -0.1) is 12.4 Å². The highest BCUT2D eigenvalue weighted by molar-refractivity contribution is 5.88. The number of benzene rings is 4. The van der Waals surface area contributed by atoms with E-state index in [4.69, 9.17) is 9.47 Å². The van der Waals surface area contributed by atoms with Gasteiger partial charge in [0, 0.05) is 30.3 Å². The van der Waals surface area contributed by atoms with Crippen LogP contribution in [-0.4, -0.2) is 69.0 Å². The van der Waals surface area contributed by atoms with Gasteiger partial charge >= 0.3 is 0 Å². The zero-order valence-corrected chi connectivity index (χ0v) is 27.9. The number of likely N-dealkylation sites (N-methyl/N-ethyl adjacent to an activating group) is 1. The molecule has 0 amide bonds. The highest BCUT2D eigenvalue weighted by Crippen LogP contribution is 2.40. The number of rotatable bonds is 11. The minimum Gasteiger partial charge on any atom is -0.497 e. The fourth-order valence-corrected chi connectivity index (χ4v) is 6.30. The third-order valence-electron chi connectivity index (χ3n) is 8.64. The first kappa shape index (κ1) is 35.4. The number of hydrogen-bond acceptors (Lipinski definition) is 5. The van der Waals surface area contributed by atoms with E-state index in [1.54, 1.807) is 7.11 Å². The van der Waals surface area contributed by atoms with Crippen molar-refractivity contribution < 1.29 is 14.6 Å². The smallest absolute Gasteiger partial charge is 0.127 e. The molecule has 4 aromatic carbocycles. The van der Waals surface area contributed by atoms with Gasteiger partial charge in [-0.1, -0.05) is 98.1 Å². The lowest BCUT2D eigenvalue weighted by Gasteiger charge is -2.40. The minimum atomic E-state index is -0.558. The van der Waals surface area contributed by atoms with E-state index in [0.717, 1.165) is 50.1 Å². The Hall–Kier alpha value is -3.09. The van der Waals surface area contributed by atoms with Crippen molar-refractivity contribution in [2.45, 2.75) is 56.1 Å². The molecule has 2 unspecified atom stereocenters. The molecule has 1 saturated carbocycles. The summed E-state index contributed by atoms with van der Waals surface area (Å²) in [7, 11) is 10.1. The summed E-state index contributed by atoms with van der Waals surface area (Å²) in [5.41, 5.74) is 1.99. The lowest BCUT2D eigenvalue weighted by atomic mass is 9.72. The normalized spacial score (nSPS) is 15.5. The quantitative estimate of drug-likeness (QED) is 0.183. The predicted molar refractivity (Wildman–Crippen MR) is 187 cm³/mol. The van der Waals surface area contributed by atoms with Gasteiger partial charge < -0.3 is 24.4 Å². The predicted octanol–water partition coefficient (Wildman–Crippen LogP) is 8.37. The van der Waals surface area contributed by atoms with E-state index < -0.39 is 5.60 Å². The van der Waals surface area contributed by atoms with Crippen LogP contribution in [0.2, 0.25) is 0 Å². The Bertz CT molecular complexity index is 1370. The Morgan fingerprint density at radius 3 is 2.02 bits per heavy atom. The van der Waals surface area contributed by atoms with Crippen molar-refractivity contribution in [1.29, 1.82) is 0 Å². The summed E-state index contributed by atoms with van der Waals surface area (Å²) < 4.78 is 11.3. The van der Waals surface area contributed by atoms with Gasteiger partial charge in [0.25, 0.3) is 0 Å². The van der Waals surface area contributed by atoms with E-state index in [1.165, 1.54) is 28.3 Å². The van der Waals surface area contributed by atoms with Crippen LogP contribution in [0, 0.1) is 0 Å². The van der Waals surface area contributed by atoms with Crippen LogP contribution < -0.4 is 9.47 Å². The van der Waals surface area contributed by atoms with Gasteiger partial charge in [0.15, 0.2) is 0 Å². The molecule has 5 rings (SSSR count). The summed E-state index contributed by atoms with van der Waals surface area (Å²) in [6.45, 7) is 1.58. The number of fused-ring (bicyclic) bond motifs is 1. The Kier molecular flexibility index (Phi) is 14.0. The topological polar surface area (TPSA) is 45.2 Å². The number of hydrogen-bond donors (Lipinski definition) is 1. The molecule has 6 heteroatoms. The van der Waals surface area contributed by atoms with Gasteiger partial charge in [-0.3, -0.25) is 0 Å². The monoisotopic (exact) mass is 618 g/mol. The van der Waals surface area contributed by atoms with Gasteiger partial charge in [0.1, 0.15) is 11.5 Å². The summed E-state index contributed by atoms with van der Waals surface area (Å²) in [6.07, 6.45) is 6.31. The molecule has 4 aromatic rings. The van der Waals surface area contributed by atoms with E-state index in [0.29, 0.717) is 12.6 Å². The molecule has 0 saturated heterocycles. The lowest BCUT2D eigenvalue weighted by molar-refractivity contribution is -0.0277. The molecule has 0 aliphatic heterocycles. The molecule has 0 aromatic heterocycles. The maximum atomic E-state index is 11.1. The van der Waals surface area contributed by atoms with Crippen LogP contribution in [-0.2, 0) is 0 Å². The average Bonchev–Trinajstić information content (AvgIpc) is 3.03. The van der Waals surface area contributed by atoms with E-state index >= 15 is 0 Å². The van der Waals surface area contributed by atoms with Crippen molar-refractivity contribution in [3.05, 3.63) is 108 Å². The number of aliphatic hydroxyl groups is 1. The number of methoxy groups -OCH3 is 1. The van der Waals surface area contributed by atoms with Gasteiger partial charge in [-0.2, -0.15) is 0 Å². The van der Waals surface area contributed by atoms with Crippen molar-refractivity contribution in [3.63, 3.8) is 0 Å². The second-order valence-electron chi connectivity index (χ2n) is 12.3.